The minimum absolute atomic E-state index is 0.769. The number of benzene rings is 1. The van der Waals surface area contributed by atoms with Gasteiger partial charge in [0.15, 0.2) is 0 Å². The highest BCUT2D eigenvalue weighted by atomic mass is 16.5. The molecule has 0 radical (unpaired) electrons. The highest BCUT2D eigenvalue weighted by molar-refractivity contribution is 5.55. The molecular weight excluding hydrogens is 252 g/mol. The van der Waals surface area contributed by atoms with Crippen molar-refractivity contribution in [2.75, 3.05) is 56.3 Å². The molecule has 0 aromatic heterocycles. The lowest BCUT2D eigenvalue weighted by Gasteiger charge is -2.28. The molecule has 0 unspecified atom stereocenters. The number of ether oxygens (including phenoxy) is 2. The molecule has 0 amide bonds. The summed E-state index contributed by atoms with van der Waals surface area (Å²) in [7, 11) is 0. The average molecular weight is 278 g/mol. The van der Waals surface area contributed by atoms with Gasteiger partial charge in [-0.2, -0.15) is 0 Å². The van der Waals surface area contributed by atoms with Crippen LogP contribution in [0.3, 0.4) is 0 Å². The van der Waals surface area contributed by atoms with Crippen molar-refractivity contribution in [3.8, 4) is 0 Å². The monoisotopic (exact) mass is 278 g/mol. The van der Waals surface area contributed by atoms with Crippen molar-refractivity contribution in [2.24, 2.45) is 0 Å². The first-order valence-corrected chi connectivity index (χ1v) is 7.64. The van der Waals surface area contributed by atoms with Gasteiger partial charge in [-0.25, -0.2) is 0 Å². The summed E-state index contributed by atoms with van der Waals surface area (Å²) in [4.78, 5) is 2.36. The zero-order valence-corrected chi connectivity index (χ0v) is 12.4. The Morgan fingerprint density at radius 2 is 1.90 bits per heavy atom. The van der Waals surface area contributed by atoms with Gasteiger partial charge in [0.25, 0.3) is 0 Å². The molecule has 1 aliphatic heterocycles. The summed E-state index contributed by atoms with van der Waals surface area (Å²) >= 11 is 0. The van der Waals surface area contributed by atoms with E-state index in [0.29, 0.717) is 0 Å². The molecule has 2 rings (SSSR count). The van der Waals surface area contributed by atoms with Crippen molar-refractivity contribution in [1.29, 1.82) is 0 Å². The number of morpholine rings is 1. The highest BCUT2D eigenvalue weighted by Gasteiger charge is 2.10. The molecule has 0 aliphatic carbocycles. The Morgan fingerprint density at radius 1 is 1.15 bits per heavy atom. The number of hydrogen-bond acceptors (Lipinski definition) is 4. The molecule has 20 heavy (non-hydrogen) atoms. The highest BCUT2D eigenvalue weighted by Crippen LogP contribution is 2.18. The predicted molar refractivity (Wildman–Crippen MR) is 83.7 cm³/mol. The first-order chi connectivity index (χ1) is 9.90. The third kappa shape index (κ3) is 5.02. The van der Waals surface area contributed by atoms with Crippen LogP contribution in [0.15, 0.2) is 24.3 Å². The van der Waals surface area contributed by atoms with Crippen molar-refractivity contribution in [3.05, 3.63) is 24.3 Å². The number of nitrogens with zero attached hydrogens (tertiary/aromatic N) is 1. The van der Waals surface area contributed by atoms with E-state index in [4.69, 9.17) is 9.47 Å². The van der Waals surface area contributed by atoms with E-state index in [2.05, 4.69) is 41.4 Å². The molecule has 112 valence electrons. The number of nitrogens with one attached hydrogen (secondary N) is 1. The molecule has 1 N–H and O–H groups in total. The zero-order chi connectivity index (χ0) is 14.0. The van der Waals surface area contributed by atoms with Gasteiger partial charge < -0.3 is 19.7 Å². The maximum Gasteiger partial charge on any atom is 0.0642 e. The minimum atomic E-state index is 0.769. The summed E-state index contributed by atoms with van der Waals surface area (Å²) in [6.07, 6.45) is 2.34. The van der Waals surface area contributed by atoms with Crippen LogP contribution in [0, 0.1) is 0 Å². The lowest BCUT2D eigenvalue weighted by atomic mass is 10.2. The Bertz CT molecular complexity index is 361. The summed E-state index contributed by atoms with van der Waals surface area (Å²) in [5, 5.41) is 3.38. The third-order valence-corrected chi connectivity index (χ3v) is 3.46. The topological polar surface area (TPSA) is 33.7 Å². The molecule has 1 aromatic rings. The Hall–Kier alpha value is -1.26. The Kier molecular flexibility index (Phi) is 6.68. The van der Waals surface area contributed by atoms with Crippen LogP contribution >= 0.6 is 0 Å². The van der Waals surface area contributed by atoms with E-state index >= 15 is 0 Å². The average Bonchev–Trinajstić information content (AvgIpc) is 2.52. The van der Waals surface area contributed by atoms with Crippen molar-refractivity contribution >= 4 is 11.4 Å². The maximum absolute atomic E-state index is 5.53. The van der Waals surface area contributed by atoms with Crippen LogP contribution in [-0.4, -0.2) is 46.1 Å². The molecule has 0 atom stereocenters. The lowest BCUT2D eigenvalue weighted by Crippen LogP contribution is -2.36. The van der Waals surface area contributed by atoms with Gasteiger partial charge in [0.05, 0.1) is 19.8 Å². The van der Waals surface area contributed by atoms with Crippen LogP contribution in [0.1, 0.15) is 19.8 Å². The molecule has 4 nitrogen and oxygen atoms in total. The number of hydrogen-bond donors (Lipinski definition) is 1. The second-order valence-corrected chi connectivity index (χ2v) is 5.04. The van der Waals surface area contributed by atoms with Crippen LogP contribution in [0.25, 0.3) is 0 Å². The van der Waals surface area contributed by atoms with Gasteiger partial charge in [-0.3, -0.25) is 0 Å². The number of rotatable bonds is 8. The zero-order valence-electron chi connectivity index (χ0n) is 12.4. The number of anilines is 2. The molecule has 0 bridgehead atoms. The third-order valence-electron chi connectivity index (χ3n) is 3.46. The second kappa shape index (κ2) is 8.82. The van der Waals surface area contributed by atoms with E-state index in [-0.39, 0.29) is 0 Å². The summed E-state index contributed by atoms with van der Waals surface area (Å²) < 4.78 is 10.9. The quantitative estimate of drug-likeness (QED) is 0.741. The predicted octanol–water partition coefficient (Wildman–Crippen LogP) is 2.75. The van der Waals surface area contributed by atoms with Gasteiger partial charge in [-0.05, 0) is 30.7 Å². The van der Waals surface area contributed by atoms with Crippen LogP contribution in [0.2, 0.25) is 0 Å². The standard InChI is InChI=1S/C16H26N2O2/c1-2-3-11-19-12-8-17-15-4-6-16(7-5-15)18-9-13-20-14-10-18/h4-7,17H,2-3,8-14H2,1H3. The molecule has 1 heterocycles. The van der Waals surface area contributed by atoms with Gasteiger partial charge in [0.1, 0.15) is 0 Å². The SMILES string of the molecule is CCCCOCCNc1ccc(N2CCOCC2)cc1. The molecule has 1 saturated heterocycles. The van der Waals surface area contributed by atoms with Crippen LogP contribution < -0.4 is 10.2 Å². The molecule has 0 saturated carbocycles. The smallest absolute Gasteiger partial charge is 0.0642 e. The molecule has 1 aliphatic rings. The summed E-state index contributed by atoms with van der Waals surface area (Å²) in [6.45, 7) is 8.30. The molecule has 1 fully saturated rings. The van der Waals surface area contributed by atoms with Crippen molar-refractivity contribution in [3.63, 3.8) is 0 Å². The van der Waals surface area contributed by atoms with Gasteiger partial charge >= 0.3 is 0 Å². The Labute approximate surface area is 122 Å². The maximum atomic E-state index is 5.53. The first kappa shape index (κ1) is 15.1. The van der Waals surface area contributed by atoms with E-state index in [9.17, 15) is 0 Å². The van der Waals surface area contributed by atoms with Crippen molar-refractivity contribution < 1.29 is 9.47 Å². The molecule has 4 heteroatoms. The van der Waals surface area contributed by atoms with E-state index in [0.717, 1.165) is 58.2 Å². The fraction of sp³-hybridized carbons (Fsp3) is 0.625. The summed E-state index contributed by atoms with van der Waals surface area (Å²) in [5.74, 6) is 0. The van der Waals surface area contributed by atoms with E-state index in [1.807, 2.05) is 0 Å². The fourth-order valence-corrected chi connectivity index (χ4v) is 2.23. The fourth-order valence-electron chi connectivity index (χ4n) is 2.23. The van der Waals surface area contributed by atoms with E-state index in [1.54, 1.807) is 0 Å². The molecular formula is C16H26N2O2. The van der Waals surface area contributed by atoms with Gasteiger partial charge in [0, 0.05) is 37.6 Å². The van der Waals surface area contributed by atoms with Gasteiger partial charge in [-0.1, -0.05) is 13.3 Å². The van der Waals surface area contributed by atoms with E-state index in [1.165, 1.54) is 12.1 Å². The van der Waals surface area contributed by atoms with Crippen LogP contribution in [-0.2, 0) is 9.47 Å². The van der Waals surface area contributed by atoms with Crippen LogP contribution in [0.5, 0.6) is 0 Å². The Morgan fingerprint density at radius 3 is 2.60 bits per heavy atom. The van der Waals surface area contributed by atoms with Gasteiger partial charge in [0.2, 0.25) is 0 Å². The largest absolute Gasteiger partial charge is 0.383 e. The lowest BCUT2D eigenvalue weighted by molar-refractivity contribution is 0.122. The summed E-state index contributed by atoms with van der Waals surface area (Å²) in [6, 6.07) is 8.62. The normalized spacial score (nSPS) is 15.3. The Balaban J connectivity index is 1.68. The minimum Gasteiger partial charge on any atom is -0.383 e. The molecule has 1 aromatic carbocycles. The van der Waals surface area contributed by atoms with Crippen molar-refractivity contribution in [2.45, 2.75) is 19.8 Å². The van der Waals surface area contributed by atoms with Gasteiger partial charge in [-0.15, -0.1) is 0 Å². The number of unbranched alkanes of at least 4 members (excludes halogenated alkanes) is 1. The van der Waals surface area contributed by atoms with E-state index < -0.39 is 0 Å². The summed E-state index contributed by atoms with van der Waals surface area (Å²) in [5.41, 5.74) is 2.43. The first-order valence-electron chi connectivity index (χ1n) is 7.64. The van der Waals surface area contributed by atoms with Crippen molar-refractivity contribution in [1.82, 2.24) is 0 Å². The van der Waals surface area contributed by atoms with Crippen LogP contribution in [0.4, 0.5) is 11.4 Å². The second-order valence-electron chi connectivity index (χ2n) is 5.04. The molecule has 0 spiro atoms.